The normalized spacial score (nSPS) is 11.0. The summed E-state index contributed by atoms with van der Waals surface area (Å²) in [5.74, 6) is 0. The van der Waals surface area contributed by atoms with Crippen molar-refractivity contribution in [1.82, 2.24) is 0 Å². The molecule has 0 aromatic heterocycles. The minimum Gasteiger partial charge on any atom is -0.263 e. The van der Waals surface area contributed by atoms with Crippen molar-refractivity contribution in [3.05, 3.63) is 71.8 Å². The van der Waals surface area contributed by atoms with Gasteiger partial charge in [0.1, 0.15) is 0 Å². The molecule has 2 rings (SSSR count). The summed E-state index contributed by atoms with van der Waals surface area (Å²) in [4.78, 5) is 0.309. The van der Waals surface area contributed by atoms with Crippen LogP contribution in [0.1, 0.15) is 19.4 Å². The lowest BCUT2D eigenvalue weighted by Crippen LogP contribution is -2.31. The highest BCUT2D eigenvalue weighted by Gasteiger charge is 2.23. The predicted molar refractivity (Wildman–Crippen MR) is 91.6 cm³/mol. The number of sulfonamides is 1. The molecule has 0 spiro atoms. The second-order valence-electron chi connectivity index (χ2n) is 5.47. The van der Waals surface area contributed by atoms with E-state index in [0.717, 1.165) is 11.1 Å². The van der Waals surface area contributed by atoms with Gasteiger partial charge in [0.15, 0.2) is 0 Å². The molecule has 0 N–H and O–H groups in total. The highest BCUT2D eigenvalue weighted by Crippen LogP contribution is 2.23. The van der Waals surface area contributed by atoms with Crippen LogP contribution in [0.5, 0.6) is 0 Å². The van der Waals surface area contributed by atoms with Gasteiger partial charge in [-0.1, -0.05) is 47.5 Å². The van der Waals surface area contributed by atoms with Gasteiger partial charge in [0.25, 0.3) is 10.0 Å². The van der Waals surface area contributed by atoms with E-state index in [1.165, 1.54) is 4.31 Å². The number of aryl methyl sites for hydroxylation is 1. The lowest BCUT2D eigenvalue weighted by molar-refractivity contribution is 0.593. The number of allylic oxidation sites excluding steroid dienone is 1. The van der Waals surface area contributed by atoms with Crippen molar-refractivity contribution in [3.63, 3.8) is 0 Å². The fraction of sp³-hybridized carbons (Fsp3) is 0.222. The average Bonchev–Trinajstić information content (AvgIpc) is 2.48. The largest absolute Gasteiger partial charge is 0.264 e. The molecule has 116 valence electrons. The standard InChI is InChI=1S/C18H21NO2S/c1-15(2)13-14-19(17-7-5-4-6-8-17)22(20,21)18-11-9-16(3)10-12-18/h4-13H,14H2,1-3H3. The number of anilines is 1. The van der Waals surface area contributed by atoms with Crippen LogP contribution >= 0.6 is 0 Å². The van der Waals surface area contributed by atoms with Crippen LogP contribution in [0.4, 0.5) is 5.69 Å². The Morgan fingerprint density at radius 3 is 2.14 bits per heavy atom. The lowest BCUT2D eigenvalue weighted by Gasteiger charge is -2.23. The predicted octanol–water partition coefficient (Wildman–Crippen LogP) is 4.16. The molecule has 0 bridgehead atoms. The van der Waals surface area contributed by atoms with Gasteiger partial charge >= 0.3 is 0 Å². The molecule has 0 aliphatic rings. The molecule has 0 saturated carbocycles. The van der Waals surface area contributed by atoms with E-state index in [1.54, 1.807) is 12.1 Å². The number of rotatable bonds is 5. The van der Waals surface area contributed by atoms with Crippen LogP contribution in [-0.4, -0.2) is 15.0 Å². The summed E-state index contributed by atoms with van der Waals surface area (Å²) in [7, 11) is -3.58. The minimum absolute atomic E-state index is 0.309. The van der Waals surface area contributed by atoms with Crippen LogP contribution in [0, 0.1) is 6.92 Å². The molecule has 2 aromatic rings. The first-order valence-electron chi connectivity index (χ1n) is 7.19. The Balaban J connectivity index is 2.47. The fourth-order valence-electron chi connectivity index (χ4n) is 2.04. The molecule has 2 aromatic carbocycles. The van der Waals surface area contributed by atoms with Crippen LogP contribution in [-0.2, 0) is 10.0 Å². The summed E-state index contributed by atoms with van der Waals surface area (Å²) < 4.78 is 27.3. The van der Waals surface area contributed by atoms with Gasteiger partial charge in [-0.05, 0) is 45.0 Å². The molecule has 4 heteroatoms. The first-order chi connectivity index (χ1) is 10.4. The smallest absolute Gasteiger partial charge is 0.263 e. The number of hydrogen-bond donors (Lipinski definition) is 0. The third kappa shape index (κ3) is 3.77. The quantitative estimate of drug-likeness (QED) is 0.777. The van der Waals surface area contributed by atoms with Crippen LogP contribution in [0.25, 0.3) is 0 Å². The van der Waals surface area contributed by atoms with Crippen molar-refractivity contribution in [1.29, 1.82) is 0 Å². The van der Waals surface area contributed by atoms with E-state index < -0.39 is 10.0 Å². The van der Waals surface area contributed by atoms with Gasteiger partial charge in [0.05, 0.1) is 17.1 Å². The Kier molecular flexibility index (Phi) is 5.03. The summed E-state index contributed by atoms with van der Waals surface area (Å²) in [6, 6.07) is 16.1. The molecular weight excluding hydrogens is 294 g/mol. The molecule has 0 saturated heterocycles. The molecule has 0 atom stereocenters. The zero-order valence-corrected chi connectivity index (χ0v) is 14.0. The van der Waals surface area contributed by atoms with Crippen molar-refractivity contribution >= 4 is 15.7 Å². The number of benzene rings is 2. The third-order valence-electron chi connectivity index (χ3n) is 3.32. The van der Waals surface area contributed by atoms with Gasteiger partial charge < -0.3 is 0 Å². The maximum atomic E-state index is 13.0. The van der Waals surface area contributed by atoms with E-state index in [2.05, 4.69) is 0 Å². The maximum Gasteiger partial charge on any atom is 0.264 e. The second kappa shape index (κ2) is 6.79. The lowest BCUT2D eigenvalue weighted by atomic mass is 10.2. The van der Waals surface area contributed by atoms with E-state index in [1.807, 2.05) is 69.3 Å². The molecule has 0 fully saturated rings. The van der Waals surface area contributed by atoms with E-state index in [9.17, 15) is 8.42 Å². The van der Waals surface area contributed by atoms with E-state index in [0.29, 0.717) is 17.1 Å². The van der Waals surface area contributed by atoms with Crippen LogP contribution in [0.2, 0.25) is 0 Å². The monoisotopic (exact) mass is 315 g/mol. The molecule has 3 nitrogen and oxygen atoms in total. The van der Waals surface area contributed by atoms with E-state index >= 15 is 0 Å². The van der Waals surface area contributed by atoms with Crippen molar-refractivity contribution in [2.75, 3.05) is 10.8 Å². The Morgan fingerprint density at radius 2 is 1.59 bits per heavy atom. The molecule has 0 amide bonds. The molecule has 0 unspecified atom stereocenters. The van der Waals surface area contributed by atoms with E-state index in [4.69, 9.17) is 0 Å². The summed E-state index contributed by atoms with van der Waals surface area (Å²) in [6.45, 7) is 6.18. The molecule has 22 heavy (non-hydrogen) atoms. The minimum atomic E-state index is -3.58. The van der Waals surface area contributed by atoms with Crippen LogP contribution < -0.4 is 4.31 Å². The zero-order valence-electron chi connectivity index (χ0n) is 13.2. The van der Waals surface area contributed by atoms with Crippen LogP contribution in [0.15, 0.2) is 71.1 Å². The Hall–Kier alpha value is -2.07. The summed E-state index contributed by atoms with van der Waals surface area (Å²) in [5, 5.41) is 0. The highest BCUT2D eigenvalue weighted by molar-refractivity contribution is 7.92. The van der Waals surface area contributed by atoms with Crippen molar-refractivity contribution in [2.45, 2.75) is 25.7 Å². The molecule has 0 aliphatic carbocycles. The summed E-state index contributed by atoms with van der Waals surface area (Å²) in [5.41, 5.74) is 2.79. The first kappa shape index (κ1) is 16.3. The average molecular weight is 315 g/mol. The topological polar surface area (TPSA) is 37.4 Å². The SMILES string of the molecule is CC(C)=CCN(c1ccccc1)S(=O)(=O)c1ccc(C)cc1. The van der Waals surface area contributed by atoms with Crippen molar-refractivity contribution in [2.24, 2.45) is 0 Å². The summed E-state index contributed by atoms with van der Waals surface area (Å²) in [6.07, 6.45) is 1.92. The second-order valence-corrected chi connectivity index (χ2v) is 7.33. The van der Waals surface area contributed by atoms with Crippen molar-refractivity contribution in [3.8, 4) is 0 Å². The van der Waals surface area contributed by atoms with Gasteiger partial charge in [0.2, 0.25) is 0 Å². The zero-order chi connectivity index (χ0) is 16.2. The molecular formula is C18H21NO2S. The van der Waals surface area contributed by atoms with Gasteiger partial charge in [-0.3, -0.25) is 4.31 Å². The van der Waals surface area contributed by atoms with Gasteiger partial charge in [-0.2, -0.15) is 0 Å². The Bertz CT molecular complexity index is 743. The molecule has 0 heterocycles. The van der Waals surface area contributed by atoms with Gasteiger partial charge in [-0.25, -0.2) is 8.42 Å². The Labute approximate surface area is 133 Å². The number of nitrogens with zero attached hydrogens (tertiary/aromatic N) is 1. The number of hydrogen-bond acceptors (Lipinski definition) is 2. The van der Waals surface area contributed by atoms with E-state index in [-0.39, 0.29) is 0 Å². The summed E-state index contributed by atoms with van der Waals surface area (Å²) >= 11 is 0. The van der Waals surface area contributed by atoms with Gasteiger partial charge in [0, 0.05) is 0 Å². The molecule has 0 radical (unpaired) electrons. The van der Waals surface area contributed by atoms with Gasteiger partial charge in [-0.15, -0.1) is 0 Å². The third-order valence-corrected chi connectivity index (χ3v) is 5.13. The first-order valence-corrected chi connectivity index (χ1v) is 8.63. The van der Waals surface area contributed by atoms with Crippen molar-refractivity contribution < 1.29 is 8.42 Å². The fourth-order valence-corrected chi connectivity index (χ4v) is 3.44. The van der Waals surface area contributed by atoms with Crippen LogP contribution in [0.3, 0.4) is 0 Å². The Morgan fingerprint density at radius 1 is 1.00 bits per heavy atom. The maximum absolute atomic E-state index is 13.0. The highest BCUT2D eigenvalue weighted by atomic mass is 32.2. The molecule has 0 aliphatic heterocycles. The number of para-hydroxylation sites is 1.